The van der Waals surface area contributed by atoms with Gasteiger partial charge in [0.05, 0.1) is 0 Å². The van der Waals surface area contributed by atoms with E-state index >= 15 is 0 Å². The summed E-state index contributed by atoms with van der Waals surface area (Å²) in [5.74, 6) is -2.40. The van der Waals surface area contributed by atoms with E-state index in [9.17, 15) is 19.5 Å². The second kappa shape index (κ2) is 6.60. The summed E-state index contributed by atoms with van der Waals surface area (Å²) >= 11 is 5.66. The molecule has 0 aromatic heterocycles. The van der Waals surface area contributed by atoms with Crippen molar-refractivity contribution in [1.82, 2.24) is 10.9 Å². The number of esters is 1. The van der Waals surface area contributed by atoms with E-state index in [0.29, 0.717) is 0 Å². The van der Waals surface area contributed by atoms with Crippen molar-refractivity contribution in [3.05, 3.63) is 28.8 Å². The zero-order valence-corrected chi connectivity index (χ0v) is 10.7. The van der Waals surface area contributed by atoms with Gasteiger partial charge in [-0.05, 0) is 18.2 Å². The number of hydrogen-bond donors (Lipinski definition) is 3. The fourth-order valence-corrected chi connectivity index (χ4v) is 1.25. The molecular formula is C11H11ClN2O5. The lowest BCUT2D eigenvalue weighted by Gasteiger charge is -2.07. The van der Waals surface area contributed by atoms with Crippen molar-refractivity contribution in [2.24, 2.45) is 0 Å². The molecule has 0 fully saturated rings. The maximum atomic E-state index is 11.6. The normalized spacial score (nSPS) is 9.58. The van der Waals surface area contributed by atoms with Gasteiger partial charge in [-0.25, -0.2) is 4.79 Å². The van der Waals surface area contributed by atoms with Gasteiger partial charge in [-0.15, -0.1) is 0 Å². The van der Waals surface area contributed by atoms with Gasteiger partial charge in [0.1, 0.15) is 11.3 Å². The van der Waals surface area contributed by atoms with Crippen LogP contribution in [0.4, 0.5) is 0 Å². The summed E-state index contributed by atoms with van der Waals surface area (Å²) in [5, 5.41) is 9.67. The van der Waals surface area contributed by atoms with Crippen molar-refractivity contribution >= 4 is 29.4 Å². The predicted molar refractivity (Wildman–Crippen MR) is 65.4 cm³/mol. The van der Waals surface area contributed by atoms with Crippen molar-refractivity contribution in [3.63, 3.8) is 0 Å². The van der Waals surface area contributed by atoms with E-state index in [-0.39, 0.29) is 16.3 Å². The van der Waals surface area contributed by atoms with E-state index in [0.717, 1.165) is 0 Å². The first-order valence-corrected chi connectivity index (χ1v) is 5.49. The molecule has 0 saturated heterocycles. The van der Waals surface area contributed by atoms with E-state index in [1.807, 2.05) is 10.9 Å². The second-order valence-corrected chi connectivity index (χ2v) is 3.90. The molecule has 19 heavy (non-hydrogen) atoms. The number of rotatable bonds is 3. The molecule has 3 N–H and O–H groups in total. The first-order valence-electron chi connectivity index (χ1n) is 5.11. The molecule has 0 spiro atoms. The SMILES string of the molecule is CC(=O)NNC(=O)COC(=O)c1cc(Cl)ccc1O. The highest BCUT2D eigenvalue weighted by Crippen LogP contribution is 2.22. The van der Waals surface area contributed by atoms with Gasteiger partial charge < -0.3 is 9.84 Å². The van der Waals surface area contributed by atoms with Gasteiger partial charge in [0, 0.05) is 11.9 Å². The van der Waals surface area contributed by atoms with Crippen molar-refractivity contribution in [1.29, 1.82) is 0 Å². The third-order valence-electron chi connectivity index (χ3n) is 1.89. The number of hydrogen-bond acceptors (Lipinski definition) is 5. The smallest absolute Gasteiger partial charge is 0.342 e. The molecule has 0 aliphatic heterocycles. The summed E-state index contributed by atoms with van der Waals surface area (Å²) in [7, 11) is 0. The average Bonchev–Trinajstić information content (AvgIpc) is 2.36. The number of aromatic hydroxyl groups is 1. The Balaban J connectivity index is 2.53. The van der Waals surface area contributed by atoms with E-state index in [1.54, 1.807) is 0 Å². The van der Waals surface area contributed by atoms with E-state index < -0.39 is 24.4 Å². The van der Waals surface area contributed by atoms with E-state index in [2.05, 4.69) is 4.74 Å². The summed E-state index contributed by atoms with van der Waals surface area (Å²) in [6.45, 7) is 0.599. The molecule has 0 aliphatic rings. The minimum Gasteiger partial charge on any atom is -0.507 e. The Labute approximate surface area is 113 Å². The highest BCUT2D eigenvalue weighted by atomic mass is 35.5. The van der Waals surface area contributed by atoms with Gasteiger partial charge in [-0.2, -0.15) is 0 Å². The molecule has 0 unspecified atom stereocenters. The summed E-state index contributed by atoms with van der Waals surface area (Å²) in [6, 6.07) is 3.85. The minimum atomic E-state index is -0.905. The summed E-state index contributed by atoms with van der Waals surface area (Å²) in [6.07, 6.45) is 0. The molecule has 1 rings (SSSR count). The monoisotopic (exact) mass is 286 g/mol. The van der Waals surface area contributed by atoms with Crippen LogP contribution in [-0.4, -0.2) is 29.5 Å². The molecular weight excluding hydrogens is 276 g/mol. The number of halogens is 1. The molecule has 102 valence electrons. The Morgan fingerprint density at radius 2 is 2.00 bits per heavy atom. The molecule has 0 bridgehead atoms. The maximum Gasteiger partial charge on any atom is 0.342 e. The van der Waals surface area contributed by atoms with Gasteiger partial charge in [-0.3, -0.25) is 20.4 Å². The molecule has 0 heterocycles. The number of phenols is 1. The Hall–Kier alpha value is -2.28. The Morgan fingerprint density at radius 3 is 2.63 bits per heavy atom. The van der Waals surface area contributed by atoms with Gasteiger partial charge in [0.25, 0.3) is 5.91 Å². The average molecular weight is 287 g/mol. The molecule has 0 radical (unpaired) electrons. The van der Waals surface area contributed by atoms with Crippen LogP contribution in [0, 0.1) is 0 Å². The molecule has 1 aromatic rings. The number of carbonyl (C=O) groups is 3. The van der Waals surface area contributed by atoms with Gasteiger partial charge in [0.15, 0.2) is 6.61 Å². The summed E-state index contributed by atoms with van der Waals surface area (Å²) < 4.78 is 4.64. The largest absolute Gasteiger partial charge is 0.507 e. The number of ether oxygens (including phenoxy) is 1. The van der Waals surface area contributed by atoms with E-state index in [4.69, 9.17) is 11.6 Å². The Morgan fingerprint density at radius 1 is 1.32 bits per heavy atom. The number of hydrazine groups is 1. The standard InChI is InChI=1S/C11H11ClN2O5/c1-6(15)13-14-10(17)5-19-11(18)8-4-7(12)2-3-9(8)16/h2-4,16H,5H2,1H3,(H,13,15)(H,14,17). The lowest BCUT2D eigenvalue weighted by molar-refractivity contribution is -0.129. The number of carbonyl (C=O) groups excluding carboxylic acids is 3. The summed E-state index contributed by atoms with van der Waals surface area (Å²) in [4.78, 5) is 33.2. The van der Waals surface area contributed by atoms with Crippen LogP contribution in [-0.2, 0) is 14.3 Å². The van der Waals surface area contributed by atoms with Gasteiger partial charge in [-0.1, -0.05) is 11.6 Å². The fraction of sp³-hybridized carbons (Fsp3) is 0.182. The lowest BCUT2D eigenvalue weighted by atomic mass is 10.2. The molecule has 0 atom stereocenters. The highest BCUT2D eigenvalue weighted by molar-refractivity contribution is 6.31. The minimum absolute atomic E-state index is 0.153. The first-order chi connectivity index (χ1) is 8.90. The molecule has 2 amide bonds. The molecule has 0 aliphatic carbocycles. The van der Waals surface area contributed by atoms with Crippen LogP contribution < -0.4 is 10.9 Å². The summed E-state index contributed by atoms with van der Waals surface area (Å²) in [5.41, 5.74) is 3.89. The van der Waals surface area contributed by atoms with Crippen LogP contribution in [0.1, 0.15) is 17.3 Å². The molecule has 0 saturated carbocycles. The quantitative estimate of drug-likeness (QED) is 0.550. The van der Waals surface area contributed by atoms with Crippen LogP contribution in [0.3, 0.4) is 0 Å². The van der Waals surface area contributed by atoms with Crippen molar-refractivity contribution < 1.29 is 24.2 Å². The van der Waals surface area contributed by atoms with Crippen molar-refractivity contribution in [3.8, 4) is 5.75 Å². The lowest BCUT2D eigenvalue weighted by Crippen LogP contribution is -2.42. The van der Waals surface area contributed by atoms with Gasteiger partial charge in [0.2, 0.25) is 5.91 Å². The van der Waals surface area contributed by atoms with E-state index in [1.165, 1.54) is 25.1 Å². The van der Waals surface area contributed by atoms with Crippen molar-refractivity contribution in [2.45, 2.75) is 6.92 Å². The number of nitrogens with one attached hydrogen (secondary N) is 2. The zero-order valence-electron chi connectivity index (χ0n) is 9.90. The second-order valence-electron chi connectivity index (χ2n) is 3.47. The highest BCUT2D eigenvalue weighted by Gasteiger charge is 2.14. The first kappa shape index (κ1) is 14.8. The topological polar surface area (TPSA) is 105 Å². The zero-order chi connectivity index (χ0) is 14.4. The van der Waals surface area contributed by atoms with Crippen LogP contribution in [0.2, 0.25) is 5.02 Å². The van der Waals surface area contributed by atoms with Crippen LogP contribution in [0.15, 0.2) is 18.2 Å². The molecule has 8 heteroatoms. The predicted octanol–water partition coefficient (Wildman–Crippen LogP) is 0.370. The van der Waals surface area contributed by atoms with Crippen molar-refractivity contribution in [2.75, 3.05) is 6.61 Å². The molecule has 1 aromatic carbocycles. The number of benzene rings is 1. The fourth-order valence-electron chi connectivity index (χ4n) is 1.07. The van der Waals surface area contributed by atoms with Gasteiger partial charge >= 0.3 is 5.97 Å². The number of amides is 2. The molecule has 7 nitrogen and oxygen atoms in total. The third-order valence-corrected chi connectivity index (χ3v) is 2.13. The Bertz CT molecular complexity index is 518. The van der Waals surface area contributed by atoms with Crippen LogP contribution >= 0.6 is 11.6 Å². The third kappa shape index (κ3) is 4.84. The maximum absolute atomic E-state index is 11.6. The Kier molecular flexibility index (Phi) is 5.13. The number of phenolic OH excluding ortho intramolecular Hbond substituents is 1. The van der Waals surface area contributed by atoms with Crippen LogP contribution in [0.25, 0.3) is 0 Å². The van der Waals surface area contributed by atoms with Crippen LogP contribution in [0.5, 0.6) is 5.75 Å².